The highest BCUT2D eigenvalue weighted by Gasteiger charge is 2.21. The number of rotatable bonds is 6. The summed E-state index contributed by atoms with van der Waals surface area (Å²) in [4.78, 5) is 22.8. The second kappa shape index (κ2) is 7.99. The molecule has 0 aliphatic carbocycles. The van der Waals surface area contributed by atoms with Crippen molar-refractivity contribution in [1.29, 1.82) is 0 Å². The Kier molecular flexibility index (Phi) is 5.73. The third-order valence-corrected chi connectivity index (χ3v) is 5.67. The van der Waals surface area contributed by atoms with Gasteiger partial charge in [0, 0.05) is 23.5 Å². The number of amides is 1. The maximum absolute atomic E-state index is 13.1. The molecule has 0 aliphatic heterocycles. The minimum absolute atomic E-state index is 0.00596. The number of likely N-dealkylation sites (N-methyl/N-ethyl adjacent to an activating group) is 1. The average molecular weight is 372 g/mol. The van der Waals surface area contributed by atoms with Crippen molar-refractivity contribution in [1.82, 2.24) is 9.88 Å². The molecule has 0 atom stereocenters. The Bertz CT molecular complexity index is 825. The second-order valence-corrected chi connectivity index (χ2v) is 7.84. The first-order valence-electron chi connectivity index (χ1n) is 8.04. The van der Waals surface area contributed by atoms with Crippen LogP contribution in [0.3, 0.4) is 0 Å². The third kappa shape index (κ3) is 4.21. The molecule has 0 fully saturated rings. The molecule has 130 valence electrons. The van der Waals surface area contributed by atoms with Gasteiger partial charge in [0.1, 0.15) is 0 Å². The van der Waals surface area contributed by atoms with Crippen molar-refractivity contribution in [3.63, 3.8) is 0 Å². The lowest BCUT2D eigenvalue weighted by atomic mass is 10.2. The number of para-hydroxylation sites is 1. The Labute approximate surface area is 156 Å². The lowest BCUT2D eigenvalue weighted by Crippen LogP contribution is -2.36. The Morgan fingerprint density at radius 1 is 1.08 bits per heavy atom. The summed E-state index contributed by atoms with van der Waals surface area (Å²) in [6, 6.07) is 15.8. The number of carbonyl (C=O) groups is 1. The van der Waals surface area contributed by atoms with Crippen LogP contribution in [-0.2, 0) is 0 Å². The molecule has 1 heterocycles. The molecule has 6 heteroatoms. The summed E-state index contributed by atoms with van der Waals surface area (Å²) in [6.07, 6.45) is 2.03. The number of thioether (sulfide) groups is 1. The first-order chi connectivity index (χ1) is 12.1. The van der Waals surface area contributed by atoms with E-state index in [1.807, 2.05) is 68.9 Å². The topological polar surface area (TPSA) is 36.4 Å². The van der Waals surface area contributed by atoms with E-state index >= 15 is 0 Å². The summed E-state index contributed by atoms with van der Waals surface area (Å²) in [5.74, 6) is -0.00596. The van der Waals surface area contributed by atoms with E-state index < -0.39 is 0 Å². The number of thiazole rings is 1. The molecular formula is C19H21N3OS2. The molecule has 0 saturated carbocycles. The van der Waals surface area contributed by atoms with Crippen LogP contribution in [0.25, 0.3) is 10.2 Å². The first kappa shape index (κ1) is 17.9. The molecule has 0 saturated heterocycles. The summed E-state index contributed by atoms with van der Waals surface area (Å²) in [5, 5.41) is 0.752. The van der Waals surface area contributed by atoms with Gasteiger partial charge in [0.25, 0.3) is 5.91 Å². The van der Waals surface area contributed by atoms with Gasteiger partial charge in [0.05, 0.1) is 10.2 Å². The molecule has 4 nitrogen and oxygen atoms in total. The summed E-state index contributed by atoms with van der Waals surface area (Å²) in [6.45, 7) is 1.39. The largest absolute Gasteiger partial charge is 0.308 e. The van der Waals surface area contributed by atoms with Gasteiger partial charge < -0.3 is 4.90 Å². The van der Waals surface area contributed by atoms with Crippen LogP contribution in [-0.4, -0.2) is 49.2 Å². The lowest BCUT2D eigenvalue weighted by Gasteiger charge is -2.22. The molecular weight excluding hydrogens is 350 g/mol. The van der Waals surface area contributed by atoms with Crippen LogP contribution in [0.2, 0.25) is 0 Å². The fourth-order valence-electron chi connectivity index (χ4n) is 2.45. The first-order valence-corrected chi connectivity index (χ1v) is 10.1. The SMILES string of the molecule is CSc1ccc(C(=O)N(CCN(C)C)c2nc3ccccc3s2)cc1. The number of nitrogens with zero attached hydrogens (tertiary/aromatic N) is 3. The molecule has 3 aromatic rings. The van der Waals surface area contributed by atoms with Crippen LogP contribution >= 0.6 is 23.1 Å². The highest BCUT2D eigenvalue weighted by molar-refractivity contribution is 7.98. The molecule has 0 spiro atoms. The van der Waals surface area contributed by atoms with Gasteiger partial charge in [-0.15, -0.1) is 11.8 Å². The number of hydrogen-bond acceptors (Lipinski definition) is 5. The number of carbonyl (C=O) groups excluding carboxylic acids is 1. The third-order valence-electron chi connectivity index (χ3n) is 3.87. The quantitative estimate of drug-likeness (QED) is 0.608. The standard InChI is InChI=1S/C19H21N3OS2/c1-21(2)12-13-22(18(23)14-8-10-15(24-3)11-9-14)19-20-16-6-4-5-7-17(16)25-19/h4-11H,12-13H2,1-3H3. The number of benzene rings is 2. The summed E-state index contributed by atoms with van der Waals surface area (Å²) >= 11 is 3.23. The summed E-state index contributed by atoms with van der Waals surface area (Å²) in [5.41, 5.74) is 1.62. The highest BCUT2D eigenvalue weighted by Crippen LogP contribution is 2.29. The lowest BCUT2D eigenvalue weighted by molar-refractivity contribution is 0.0985. The predicted octanol–water partition coefficient (Wildman–Crippen LogP) is 4.23. The predicted molar refractivity (Wildman–Crippen MR) is 108 cm³/mol. The van der Waals surface area contributed by atoms with E-state index in [4.69, 9.17) is 0 Å². The molecule has 0 aliphatic rings. The van der Waals surface area contributed by atoms with Crippen molar-refractivity contribution in [2.75, 3.05) is 38.3 Å². The van der Waals surface area contributed by atoms with Gasteiger partial charge in [0.2, 0.25) is 0 Å². The molecule has 1 amide bonds. The summed E-state index contributed by atoms with van der Waals surface area (Å²) < 4.78 is 1.10. The molecule has 0 bridgehead atoms. The van der Waals surface area contributed by atoms with Crippen LogP contribution < -0.4 is 4.90 Å². The average Bonchev–Trinajstić information content (AvgIpc) is 3.05. The molecule has 0 unspecified atom stereocenters. The normalized spacial score (nSPS) is 11.2. The molecule has 0 N–H and O–H groups in total. The molecule has 1 aromatic heterocycles. The van der Waals surface area contributed by atoms with Crippen LogP contribution in [0, 0.1) is 0 Å². The molecule has 2 aromatic carbocycles. The highest BCUT2D eigenvalue weighted by atomic mass is 32.2. The molecule has 0 radical (unpaired) electrons. The summed E-state index contributed by atoms with van der Waals surface area (Å²) in [7, 11) is 4.02. The van der Waals surface area contributed by atoms with Gasteiger partial charge in [-0.3, -0.25) is 9.69 Å². The number of hydrogen-bond donors (Lipinski definition) is 0. The van der Waals surface area contributed by atoms with E-state index in [1.165, 1.54) is 0 Å². The maximum atomic E-state index is 13.1. The van der Waals surface area contributed by atoms with Crippen molar-refractivity contribution in [3.8, 4) is 0 Å². The zero-order valence-electron chi connectivity index (χ0n) is 14.6. The van der Waals surface area contributed by atoms with Crippen LogP contribution in [0.1, 0.15) is 10.4 Å². The van der Waals surface area contributed by atoms with E-state index in [1.54, 1.807) is 28.0 Å². The Balaban J connectivity index is 1.93. The number of anilines is 1. The zero-order chi connectivity index (χ0) is 17.8. The fraction of sp³-hybridized carbons (Fsp3) is 0.263. The van der Waals surface area contributed by atoms with Crippen LogP contribution in [0.5, 0.6) is 0 Å². The zero-order valence-corrected chi connectivity index (χ0v) is 16.2. The second-order valence-electron chi connectivity index (χ2n) is 5.95. The van der Waals surface area contributed by atoms with Crippen molar-refractivity contribution < 1.29 is 4.79 Å². The van der Waals surface area contributed by atoms with Gasteiger partial charge in [0.15, 0.2) is 5.13 Å². The van der Waals surface area contributed by atoms with E-state index in [0.717, 1.165) is 26.8 Å². The van der Waals surface area contributed by atoms with Crippen LogP contribution in [0.15, 0.2) is 53.4 Å². The van der Waals surface area contributed by atoms with Gasteiger partial charge in [-0.2, -0.15) is 0 Å². The van der Waals surface area contributed by atoms with Gasteiger partial charge in [-0.1, -0.05) is 23.5 Å². The van der Waals surface area contributed by atoms with Crippen molar-refractivity contribution in [2.45, 2.75) is 4.90 Å². The molecule has 25 heavy (non-hydrogen) atoms. The van der Waals surface area contributed by atoms with E-state index in [0.29, 0.717) is 12.1 Å². The maximum Gasteiger partial charge on any atom is 0.260 e. The minimum Gasteiger partial charge on any atom is -0.308 e. The van der Waals surface area contributed by atoms with Gasteiger partial charge in [-0.25, -0.2) is 4.98 Å². The Hall–Kier alpha value is -1.89. The fourth-order valence-corrected chi connectivity index (χ4v) is 3.85. The van der Waals surface area contributed by atoms with Gasteiger partial charge >= 0.3 is 0 Å². The molecule has 3 rings (SSSR count). The van der Waals surface area contributed by atoms with E-state index in [-0.39, 0.29) is 5.91 Å². The van der Waals surface area contributed by atoms with Crippen molar-refractivity contribution in [3.05, 3.63) is 54.1 Å². The van der Waals surface area contributed by atoms with E-state index in [2.05, 4.69) is 9.88 Å². The smallest absolute Gasteiger partial charge is 0.260 e. The number of aromatic nitrogens is 1. The number of fused-ring (bicyclic) bond motifs is 1. The van der Waals surface area contributed by atoms with Crippen molar-refractivity contribution >= 4 is 44.4 Å². The monoisotopic (exact) mass is 371 g/mol. The Morgan fingerprint density at radius 3 is 2.44 bits per heavy atom. The van der Waals surface area contributed by atoms with Crippen molar-refractivity contribution in [2.24, 2.45) is 0 Å². The van der Waals surface area contributed by atoms with Gasteiger partial charge in [-0.05, 0) is 56.7 Å². The van der Waals surface area contributed by atoms with Crippen LogP contribution in [0.4, 0.5) is 5.13 Å². The van der Waals surface area contributed by atoms with E-state index in [9.17, 15) is 4.79 Å². The Morgan fingerprint density at radius 2 is 1.80 bits per heavy atom. The minimum atomic E-state index is -0.00596.